The van der Waals surface area contributed by atoms with E-state index in [9.17, 15) is 4.79 Å². The fourth-order valence-corrected chi connectivity index (χ4v) is 1.01. The van der Waals surface area contributed by atoms with Gasteiger partial charge in [-0.3, -0.25) is 0 Å². The van der Waals surface area contributed by atoms with Crippen molar-refractivity contribution < 1.29 is 14.3 Å². The number of carbonyl (C=O) groups is 1. The molecule has 0 saturated carbocycles. The highest BCUT2D eigenvalue weighted by Gasteiger charge is 2.19. The average Bonchev–Trinajstić information content (AvgIpc) is 2.05. The van der Waals surface area contributed by atoms with Crippen LogP contribution in [-0.2, 0) is 4.79 Å². The number of rotatable bonds is 0. The van der Waals surface area contributed by atoms with E-state index in [1.807, 2.05) is 0 Å². The van der Waals surface area contributed by atoms with Gasteiger partial charge in [0.25, 0.3) is 5.88 Å². The first-order valence-corrected chi connectivity index (χ1v) is 3.63. The second kappa shape index (κ2) is 2.64. The molecule has 0 fully saturated rings. The molecule has 0 saturated heterocycles. The van der Waals surface area contributed by atoms with Crippen molar-refractivity contribution >= 4 is 17.6 Å². The fraction of sp³-hybridized carbons (Fsp3) is 0.143. The average molecular weight is 186 g/mol. The molecule has 2 rings (SSSR count). The lowest BCUT2D eigenvalue weighted by molar-refractivity contribution is -0.138. The van der Waals surface area contributed by atoms with Gasteiger partial charge in [0, 0.05) is 0 Å². The molecular weight excluding hydrogens is 182 g/mol. The van der Waals surface area contributed by atoms with Crippen molar-refractivity contribution in [2.24, 2.45) is 0 Å². The summed E-state index contributed by atoms with van der Waals surface area (Å²) in [4.78, 5) is 14.5. The highest BCUT2D eigenvalue weighted by molar-refractivity contribution is 6.29. The summed E-state index contributed by atoms with van der Waals surface area (Å²) in [5.41, 5.74) is 0. The van der Waals surface area contributed by atoms with Crippen molar-refractivity contribution in [3.63, 3.8) is 0 Å². The number of ether oxygens (including phenoxy) is 2. The van der Waals surface area contributed by atoms with E-state index in [2.05, 4.69) is 4.98 Å². The van der Waals surface area contributed by atoms with E-state index in [0.29, 0.717) is 10.9 Å². The molecule has 0 spiro atoms. The van der Waals surface area contributed by atoms with Gasteiger partial charge in [-0.15, -0.1) is 0 Å². The van der Waals surface area contributed by atoms with Crippen molar-refractivity contribution in [2.45, 2.75) is 0 Å². The summed E-state index contributed by atoms with van der Waals surface area (Å²) in [5, 5.41) is 0.312. The monoisotopic (exact) mass is 185 g/mol. The molecule has 0 atom stereocenters. The molecule has 1 aliphatic heterocycles. The number of halogens is 1. The Labute approximate surface area is 73.1 Å². The van der Waals surface area contributed by atoms with Crippen molar-refractivity contribution in [1.29, 1.82) is 0 Å². The maximum Gasteiger partial charge on any atom is 0.349 e. The van der Waals surface area contributed by atoms with Gasteiger partial charge >= 0.3 is 5.97 Å². The third-order valence-electron chi connectivity index (χ3n) is 1.34. The number of esters is 1. The lowest BCUT2D eigenvalue weighted by Crippen LogP contribution is -2.23. The lowest BCUT2D eigenvalue weighted by atomic mass is 10.4. The van der Waals surface area contributed by atoms with Crippen LogP contribution in [0.1, 0.15) is 0 Å². The molecular formula is C7H4ClNO3. The third-order valence-corrected chi connectivity index (χ3v) is 1.55. The number of fused-ring (bicyclic) bond motifs is 1. The van der Waals surface area contributed by atoms with Crippen molar-refractivity contribution in [2.75, 3.05) is 6.61 Å². The Balaban J connectivity index is 2.43. The largest absolute Gasteiger partial charge is 0.463 e. The minimum Gasteiger partial charge on any atom is -0.463 e. The van der Waals surface area contributed by atoms with Gasteiger partial charge in [-0.25, -0.2) is 4.79 Å². The van der Waals surface area contributed by atoms with E-state index in [1.165, 1.54) is 6.07 Å². The van der Waals surface area contributed by atoms with Crippen LogP contribution in [0.2, 0.25) is 5.15 Å². The van der Waals surface area contributed by atoms with Gasteiger partial charge in [0.1, 0.15) is 5.15 Å². The van der Waals surface area contributed by atoms with Crippen LogP contribution in [0.15, 0.2) is 12.1 Å². The van der Waals surface area contributed by atoms with Crippen LogP contribution in [0.25, 0.3) is 0 Å². The minimum atomic E-state index is -0.424. The number of carbonyl (C=O) groups excluding carboxylic acids is 1. The number of nitrogens with zero attached hydrogens (tertiary/aromatic N) is 1. The highest BCUT2D eigenvalue weighted by atomic mass is 35.5. The van der Waals surface area contributed by atoms with Crippen LogP contribution in [0.3, 0.4) is 0 Å². The molecule has 1 aliphatic rings. The second-order valence-electron chi connectivity index (χ2n) is 2.20. The smallest absolute Gasteiger partial charge is 0.349 e. The van der Waals surface area contributed by atoms with Gasteiger partial charge in [0.2, 0.25) is 0 Å². The first-order chi connectivity index (χ1) is 5.75. The molecule has 0 N–H and O–H groups in total. The first kappa shape index (κ1) is 7.36. The van der Waals surface area contributed by atoms with Crippen molar-refractivity contribution in [1.82, 2.24) is 4.98 Å². The Morgan fingerprint density at radius 1 is 1.50 bits per heavy atom. The maximum atomic E-state index is 10.7. The molecule has 1 aromatic rings. The number of pyridine rings is 1. The van der Waals surface area contributed by atoms with E-state index in [-0.39, 0.29) is 12.5 Å². The Morgan fingerprint density at radius 3 is 3.17 bits per heavy atom. The molecule has 0 amide bonds. The first-order valence-electron chi connectivity index (χ1n) is 3.26. The van der Waals surface area contributed by atoms with Gasteiger partial charge < -0.3 is 9.47 Å². The van der Waals surface area contributed by atoms with Crippen molar-refractivity contribution in [3.05, 3.63) is 17.3 Å². The van der Waals surface area contributed by atoms with E-state index < -0.39 is 5.97 Å². The molecule has 5 heteroatoms. The predicted molar refractivity (Wildman–Crippen MR) is 40.4 cm³/mol. The maximum absolute atomic E-state index is 10.7. The van der Waals surface area contributed by atoms with Crippen LogP contribution in [0.5, 0.6) is 11.6 Å². The van der Waals surface area contributed by atoms with Crippen LogP contribution >= 0.6 is 11.6 Å². The summed E-state index contributed by atoms with van der Waals surface area (Å²) < 4.78 is 9.75. The van der Waals surface area contributed by atoms with E-state index in [0.717, 1.165) is 0 Å². The summed E-state index contributed by atoms with van der Waals surface area (Å²) in [6.45, 7) is -0.111. The molecule has 0 radical (unpaired) electrons. The van der Waals surface area contributed by atoms with Crippen LogP contribution in [0.4, 0.5) is 0 Å². The van der Waals surface area contributed by atoms with Gasteiger partial charge in [-0.1, -0.05) is 11.6 Å². The summed E-state index contributed by atoms with van der Waals surface area (Å²) in [6, 6.07) is 3.07. The molecule has 0 aliphatic carbocycles. The summed E-state index contributed by atoms with van der Waals surface area (Å²) in [7, 11) is 0. The van der Waals surface area contributed by atoms with Gasteiger partial charge in [-0.2, -0.15) is 4.98 Å². The zero-order valence-electron chi connectivity index (χ0n) is 5.91. The topological polar surface area (TPSA) is 48.4 Å². The zero-order valence-corrected chi connectivity index (χ0v) is 6.67. The van der Waals surface area contributed by atoms with Gasteiger partial charge in [0.05, 0.1) is 0 Å². The number of hydrogen-bond acceptors (Lipinski definition) is 4. The Morgan fingerprint density at radius 2 is 2.33 bits per heavy atom. The standard InChI is InChI=1S/C7H4ClNO3/c8-5-2-1-4-7(9-5)11-3-6(10)12-4/h1-2H,3H2. The quantitative estimate of drug-likeness (QED) is 0.448. The molecule has 4 nitrogen and oxygen atoms in total. The van der Waals surface area contributed by atoms with Gasteiger partial charge in [-0.05, 0) is 12.1 Å². The normalized spacial score (nSPS) is 14.6. The van der Waals surface area contributed by atoms with Crippen molar-refractivity contribution in [3.8, 4) is 11.6 Å². The highest BCUT2D eigenvalue weighted by Crippen LogP contribution is 2.28. The Bertz CT molecular complexity index is 339. The summed E-state index contributed by atoms with van der Waals surface area (Å²) >= 11 is 5.58. The van der Waals surface area contributed by atoms with E-state index in [4.69, 9.17) is 21.1 Å². The second-order valence-corrected chi connectivity index (χ2v) is 2.59. The SMILES string of the molecule is O=C1COc2nc(Cl)ccc2O1. The Hall–Kier alpha value is -1.29. The van der Waals surface area contributed by atoms with E-state index in [1.54, 1.807) is 6.07 Å². The van der Waals surface area contributed by atoms with Crippen LogP contribution < -0.4 is 9.47 Å². The molecule has 12 heavy (non-hydrogen) atoms. The molecule has 1 aromatic heterocycles. The Kier molecular flexibility index (Phi) is 1.62. The lowest BCUT2D eigenvalue weighted by Gasteiger charge is -2.14. The van der Waals surface area contributed by atoms with Crippen LogP contribution in [-0.4, -0.2) is 17.6 Å². The van der Waals surface area contributed by atoms with Crippen LogP contribution in [0, 0.1) is 0 Å². The zero-order chi connectivity index (χ0) is 8.55. The molecule has 0 unspecified atom stereocenters. The van der Waals surface area contributed by atoms with Gasteiger partial charge in [0.15, 0.2) is 12.4 Å². The number of aromatic nitrogens is 1. The molecule has 2 heterocycles. The third kappa shape index (κ3) is 1.21. The predicted octanol–water partition coefficient (Wildman–Crippen LogP) is 1.03. The molecule has 0 bridgehead atoms. The fourth-order valence-electron chi connectivity index (χ4n) is 0.866. The summed E-state index contributed by atoms with van der Waals surface area (Å²) in [5.74, 6) is 0.157. The summed E-state index contributed by atoms with van der Waals surface area (Å²) in [6.07, 6.45) is 0. The molecule has 62 valence electrons. The minimum absolute atomic E-state index is 0.111. The van der Waals surface area contributed by atoms with E-state index >= 15 is 0 Å². The number of hydrogen-bond donors (Lipinski definition) is 0. The molecule has 0 aromatic carbocycles.